The van der Waals surface area contributed by atoms with Gasteiger partial charge in [-0.05, 0) is 17.7 Å². The van der Waals surface area contributed by atoms with Crippen molar-refractivity contribution in [1.29, 1.82) is 0 Å². The molecule has 0 amide bonds. The Labute approximate surface area is 158 Å². The monoisotopic (exact) mass is 391 g/mol. The summed E-state index contributed by atoms with van der Waals surface area (Å²) in [6.45, 7) is 0.956. The zero-order valence-electron chi connectivity index (χ0n) is 15.0. The van der Waals surface area contributed by atoms with Crippen molar-refractivity contribution < 1.29 is 27.4 Å². The second-order valence-electron chi connectivity index (χ2n) is 5.96. The van der Waals surface area contributed by atoms with Crippen molar-refractivity contribution in [3.05, 3.63) is 54.1 Å². The molecule has 1 aliphatic heterocycles. The van der Waals surface area contributed by atoms with Crippen molar-refractivity contribution in [3.63, 3.8) is 0 Å². The Kier molecular flexibility index (Phi) is 5.98. The van der Waals surface area contributed by atoms with E-state index < -0.39 is 16.0 Å². The number of esters is 1. The Morgan fingerprint density at radius 2 is 1.78 bits per heavy atom. The largest absolute Gasteiger partial charge is 0.486 e. The molecule has 1 aliphatic rings. The van der Waals surface area contributed by atoms with Gasteiger partial charge in [0.15, 0.2) is 11.5 Å². The zero-order chi connectivity index (χ0) is 19.3. The van der Waals surface area contributed by atoms with Crippen LogP contribution >= 0.6 is 0 Å². The molecule has 0 aromatic heterocycles. The second-order valence-corrected chi connectivity index (χ2v) is 7.89. The fraction of sp³-hybridized carbons (Fsp3) is 0.316. The Morgan fingerprint density at radius 3 is 2.48 bits per heavy atom. The van der Waals surface area contributed by atoms with E-state index in [2.05, 4.69) is 4.74 Å². The van der Waals surface area contributed by atoms with Crippen molar-refractivity contribution in [2.45, 2.75) is 17.9 Å². The molecule has 0 unspecified atom stereocenters. The smallest absolute Gasteiger partial charge is 0.306 e. The Bertz CT molecular complexity index is 898. The molecule has 0 fully saturated rings. The van der Waals surface area contributed by atoms with Crippen LogP contribution in [-0.4, -0.2) is 45.6 Å². The first kappa shape index (κ1) is 19.2. The summed E-state index contributed by atoms with van der Waals surface area (Å²) in [6.07, 6.45) is -0.0346. The van der Waals surface area contributed by atoms with Crippen molar-refractivity contribution >= 4 is 16.0 Å². The molecule has 2 aromatic rings. The van der Waals surface area contributed by atoms with Crippen molar-refractivity contribution in [2.24, 2.45) is 0 Å². The van der Waals surface area contributed by atoms with Crippen LogP contribution in [0.3, 0.4) is 0 Å². The topological polar surface area (TPSA) is 82.1 Å². The van der Waals surface area contributed by atoms with E-state index in [0.717, 1.165) is 5.56 Å². The summed E-state index contributed by atoms with van der Waals surface area (Å²) in [6, 6.07) is 13.7. The lowest BCUT2D eigenvalue weighted by atomic mass is 10.2. The van der Waals surface area contributed by atoms with Gasteiger partial charge in [-0.2, -0.15) is 4.31 Å². The van der Waals surface area contributed by atoms with Gasteiger partial charge in [0.2, 0.25) is 10.0 Å². The molecule has 0 atom stereocenters. The lowest BCUT2D eigenvalue weighted by Gasteiger charge is -2.24. The maximum absolute atomic E-state index is 13.2. The van der Waals surface area contributed by atoms with Crippen LogP contribution in [0.25, 0.3) is 0 Å². The Morgan fingerprint density at radius 1 is 1.07 bits per heavy atom. The summed E-state index contributed by atoms with van der Waals surface area (Å²) in [4.78, 5) is 11.6. The van der Waals surface area contributed by atoms with Gasteiger partial charge in [0.1, 0.15) is 13.2 Å². The highest BCUT2D eigenvalue weighted by atomic mass is 32.2. The number of benzene rings is 2. The number of rotatable bonds is 7. The first-order chi connectivity index (χ1) is 13.0. The number of sulfonamides is 1. The standard InChI is InChI=1S/C19H21NO6S/c1-24-19(21)9-10-20(14-15-5-3-2-4-6-15)27(22,23)16-7-8-17-18(13-16)26-12-11-25-17/h2-8,13H,9-12,14H2,1H3. The molecule has 2 aromatic carbocycles. The zero-order valence-corrected chi connectivity index (χ0v) is 15.8. The van der Waals surface area contributed by atoms with E-state index in [0.29, 0.717) is 24.7 Å². The van der Waals surface area contributed by atoms with Crippen molar-refractivity contribution in [1.82, 2.24) is 4.31 Å². The van der Waals surface area contributed by atoms with Crippen LogP contribution in [0.1, 0.15) is 12.0 Å². The predicted molar refractivity (Wildman–Crippen MR) is 98.1 cm³/mol. The molecule has 0 saturated carbocycles. The third-order valence-corrected chi connectivity index (χ3v) is 5.99. The highest BCUT2D eigenvalue weighted by Crippen LogP contribution is 2.33. The number of nitrogens with zero attached hydrogens (tertiary/aromatic N) is 1. The number of methoxy groups -OCH3 is 1. The SMILES string of the molecule is COC(=O)CCN(Cc1ccccc1)S(=O)(=O)c1ccc2c(c1)OCCO2. The molecule has 144 valence electrons. The molecule has 7 nitrogen and oxygen atoms in total. The van der Waals surface area contributed by atoms with E-state index in [-0.39, 0.29) is 24.4 Å². The Balaban J connectivity index is 1.89. The number of carbonyl (C=O) groups excluding carboxylic acids is 1. The fourth-order valence-electron chi connectivity index (χ4n) is 2.72. The van der Waals surface area contributed by atoms with Gasteiger partial charge in [-0.3, -0.25) is 4.79 Å². The van der Waals surface area contributed by atoms with Crippen LogP contribution in [0.15, 0.2) is 53.4 Å². The van der Waals surface area contributed by atoms with Crippen LogP contribution < -0.4 is 9.47 Å². The molecule has 1 heterocycles. The maximum Gasteiger partial charge on any atom is 0.306 e. The molecule has 0 N–H and O–H groups in total. The lowest BCUT2D eigenvalue weighted by molar-refractivity contribution is -0.140. The summed E-state index contributed by atoms with van der Waals surface area (Å²) in [5.74, 6) is 0.449. The van der Waals surface area contributed by atoms with E-state index in [1.54, 1.807) is 6.07 Å². The molecule has 0 spiro atoms. The molecular formula is C19H21NO6S. The van der Waals surface area contributed by atoms with Gasteiger partial charge in [-0.15, -0.1) is 0 Å². The summed E-state index contributed by atoms with van der Waals surface area (Å²) >= 11 is 0. The van der Waals surface area contributed by atoms with Gasteiger partial charge in [-0.1, -0.05) is 30.3 Å². The van der Waals surface area contributed by atoms with Crippen LogP contribution in [0.5, 0.6) is 11.5 Å². The molecular weight excluding hydrogens is 370 g/mol. The van der Waals surface area contributed by atoms with Gasteiger partial charge in [0.25, 0.3) is 0 Å². The van der Waals surface area contributed by atoms with Gasteiger partial charge in [-0.25, -0.2) is 8.42 Å². The average Bonchev–Trinajstić information content (AvgIpc) is 2.71. The third kappa shape index (κ3) is 4.58. The van der Waals surface area contributed by atoms with Gasteiger partial charge < -0.3 is 14.2 Å². The highest BCUT2D eigenvalue weighted by Gasteiger charge is 2.27. The van der Waals surface area contributed by atoms with E-state index in [4.69, 9.17) is 9.47 Å². The number of hydrogen-bond donors (Lipinski definition) is 0. The minimum absolute atomic E-state index is 0.0122. The van der Waals surface area contributed by atoms with Gasteiger partial charge >= 0.3 is 5.97 Å². The van der Waals surface area contributed by atoms with Crippen LogP contribution in [0.2, 0.25) is 0 Å². The summed E-state index contributed by atoms with van der Waals surface area (Å²) < 4.78 is 43.3. The molecule has 0 radical (unpaired) electrons. The maximum atomic E-state index is 13.2. The Hall–Kier alpha value is -2.58. The molecule has 8 heteroatoms. The van der Waals surface area contributed by atoms with E-state index in [1.165, 1.54) is 23.5 Å². The minimum Gasteiger partial charge on any atom is -0.486 e. The fourth-order valence-corrected chi connectivity index (χ4v) is 4.17. The minimum atomic E-state index is -3.85. The lowest BCUT2D eigenvalue weighted by Crippen LogP contribution is -2.33. The van der Waals surface area contributed by atoms with Crippen molar-refractivity contribution in [3.8, 4) is 11.5 Å². The van der Waals surface area contributed by atoms with Crippen molar-refractivity contribution in [2.75, 3.05) is 26.9 Å². The molecule has 0 bridgehead atoms. The van der Waals surface area contributed by atoms with E-state index >= 15 is 0 Å². The summed E-state index contributed by atoms with van der Waals surface area (Å²) in [5.41, 5.74) is 0.823. The first-order valence-corrected chi connectivity index (χ1v) is 9.95. The van der Waals surface area contributed by atoms with Gasteiger partial charge in [0, 0.05) is 19.2 Å². The molecule has 3 rings (SSSR count). The normalized spacial score (nSPS) is 13.4. The number of ether oxygens (including phenoxy) is 3. The number of fused-ring (bicyclic) bond motifs is 1. The third-order valence-electron chi connectivity index (χ3n) is 4.15. The van der Waals surface area contributed by atoms with E-state index in [9.17, 15) is 13.2 Å². The first-order valence-electron chi connectivity index (χ1n) is 8.51. The summed E-state index contributed by atoms with van der Waals surface area (Å²) in [7, 11) is -2.57. The van der Waals surface area contributed by atoms with Crippen LogP contribution in [0, 0.1) is 0 Å². The molecule has 0 aliphatic carbocycles. The van der Waals surface area contributed by atoms with E-state index in [1.807, 2.05) is 30.3 Å². The quantitative estimate of drug-likeness (QED) is 0.673. The van der Waals surface area contributed by atoms with Crippen LogP contribution in [-0.2, 0) is 26.1 Å². The molecule has 0 saturated heterocycles. The number of hydrogen-bond acceptors (Lipinski definition) is 6. The highest BCUT2D eigenvalue weighted by molar-refractivity contribution is 7.89. The van der Waals surface area contributed by atoms with Crippen LogP contribution in [0.4, 0.5) is 0 Å². The average molecular weight is 391 g/mol. The predicted octanol–water partition coefficient (Wildman–Crippen LogP) is 2.21. The molecule has 27 heavy (non-hydrogen) atoms. The summed E-state index contributed by atoms with van der Waals surface area (Å²) in [5, 5.41) is 0. The second kappa shape index (κ2) is 8.41. The van der Waals surface area contributed by atoms with Gasteiger partial charge in [0.05, 0.1) is 18.4 Å². The number of carbonyl (C=O) groups is 1.